The van der Waals surface area contributed by atoms with Crippen LogP contribution in [0.25, 0.3) is 0 Å². The van der Waals surface area contributed by atoms with Crippen LogP contribution in [0.4, 0.5) is 5.69 Å². The van der Waals surface area contributed by atoms with Crippen molar-refractivity contribution in [3.8, 4) is 11.5 Å². The molecule has 0 heterocycles. The SMILES string of the molecule is COc1ccc(C(=O)Nc2cccc(OCC(C)C)c2)cc1I. The second kappa shape index (κ2) is 8.19. The van der Waals surface area contributed by atoms with E-state index in [1.165, 1.54) is 0 Å². The first kappa shape index (κ1) is 17.6. The van der Waals surface area contributed by atoms with Gasteiger partial charge in [0.15, 0.2) is 0 Å². The van der Waals surface area contributed by atoms with Gasteiger partial charge >= 0.3 is 0 Å². The molecule has 0 saturated heterocycles. The van der Waals surface area contributed by atoms with Crippen molar-refractivity contribution in [2.24, 2.45) is 5.92 Å². The summed E-state index contributed by atoms with van der Waals surface area (Å²) >= 11 is 2.15. The number of methoxy groups -OCH3 is 1. The van der Waals surface area contributed by atoms with Gasteiger partial charge in [0.2, 0.25) is 0 Å². The highest BCUT2D eigenvalue weighted by atomic mass is 127. The normalized spacial score (nSPS) is 10.5. The van der Waals surface area contributed by atoms with Crippen molar-refractivity contribution in [2.75, 3.05) is 19.0 Å². The van der Waals surface area contributed by atoms with Crippen molar-refractivity contribution in [3.05, 3.63) is 51.6 Å². The van der Waals surface area contributed by atoms with E-state index in [0.717, 1.165) is 15.1 Å². The van der Waals surface area contributed by atoms with Crippen LogP contribution >= 0.6 is 22.6 Å². The molecule has 0 aliphatic carbocycles. The van der Waals surface area contributed by atoms with Gasteiger partial charge in [0.1, 0.15) is 11.5 Å². The van der Waals surface area contributed by atoms with E-state index in [-0.39, 0.29) is 5.91 Å². The van der Waals surface area contributed by atoms with Crippen LogP contribution in [-0.2, 0) is 0 Å². The lowest BCUT2D eigenvalue weighted by Crippen LogP contribution is -2.12. The van der Waals surface area contributed by atoms with Crippen molar-refractivity contribution in [1.29, 1.82) is 0 Å². The molecule has 0 atom stereocenters. The minimum Gasteiger partial charge on any atom is -0.496 e. The lowest BCUT2D eigenvalue weighted by atomic mass is 10.2. The quantitative estimate of drug-likeness (QED) is 0.689. The molecule has 0 spiro atoms. The first-order chi connectivity index (χ1) is 11.0. The van der Waals surface area contributed by atoms with E-state index in [1.807, 2.05) is 24.3 Å². The maximum absolute atomic E-state index is 12.3. The Morgan fingerprint density at radius 3 is 2.65 bits per heavy atom. The van der Waals surface area contributed by atoms with Gasteiger partial charge in [-0.15, -0.1) is 0 Å². The lowest BCUT2D eigenvalue weighted by Gasteiger charge is -2.11. The van der Waals surface area contributed by atoms with E-state index in [0.29, 0.717) is 23.8 Å². The standard InChI is InChI=1S/C18H20INO3/c1-12(2)11-23-15-6-4-5-14(10-15)20-18(21)13-7-8-17(22-3)16(19)9-13/h4-10,12H,11H2,1-3H3,(H,20,21). The first-order valence-corrected chi connectivity index (χ1v) is 8.45. The van der Waals surface area contributed by atoms with Crippen LogP contribution < -0.4 is 14.8 Å². The summed E-state index contributed by atoms with van der Waals surface area (Å²) in [6.45, 7) is 4.84. The Labute approximate surface area is 150 Å². The maximum atomic E-state index is 12.3. The highest BCUT2D eigenvalue weighted by Crippen LogP contribution is 2.23. The molecule has 5 heteroatoms. The van der Waals surface area contributed by atoms with Crippen molar-refractivity contribution < 1.29 is 14.3 Å². The average molecular weight is 425 g/mol. The maximum Gasteiger partial charge on any atom is 0.255 e. The number of halogens is 1. The van der Waals surface area contributed by atoms with Gasteiger partial charge < -0.3 is 14.8 Å². The number of hydrogen-bond donors (Lipinski definition) is 1. The van der Waals surface area contributed by atoms with Crippen molar-refractivity contribution >= 4 is 34.2 Å². The van der Waals surface area contributed by atoms with Gasteiger partial charge in [0, 0.05) is 17.3 Å². The average Bonchev–Trinajstić information content (AvgIpc) is 2.53. The first-order valence-electron chi connectivity index (χ1n) is 7.37. The fourth-order valence-electron chi connectivity index (χ4n) is 1.94. The second-order valence-electron chi connectivity index (χ2n) is 5.54. The van der Waals surface area contributed by atoms with Crippen molar-refractivity contribution in [2.45, 2.75) is 13.8 Å². The summed E-state index contributed by atoms with van der Waals surface area (Å²) in [5.41, 5.74) is 1.30. The smallest absolute Gasteiger partial charge is 0.255 e. The van der Waals surface area contributed by atoms with Crippen LogP contribution in [0.3, 0.4) is 0 Å². The highest BCUT2D eigenvalue weighted by Gasteiger charge is 2.09. The minimum absolute atomic E-state index is 0.161. The molecule has 4 nitrogen and oxygen atoms in total. The summed E-state index contributed by atoms with van der Waals surface area (Å²) in [6.07, 6.45) is 0. The Balaban J connectivity index is 2.08. The molecule has 0 aliphatic heterocycles. The third-order valence-corrected chi connectivity index (χ3v) is 3.93. The molecule has 2 aromatic carbocycles. The predicted molar refractivity (Wildman–Crippen MR) is 100 cm³/mol. The summed E-state index contributed by atoms with van der Waals surface area (Å²) in [4.78, 5) is 12.3. The second-order valence-corrected chi connectivity index (χ2v) is 6.70. The molecule has 2 aromatic rings. The summed E-state index contributed by atoms with van der Waals surface area (Å²) in [7, 11) is 1.61. The van der Waals surface area contributed by atoms with E-state index in [4.69, 9.17) is 9.47 Å². The van der Waals surface area contributed by atoms with E-state index in [9.17, 15) is 4.79 Å². The topological polar surface area (TPSA) is 47.6 Å². The number of anilines is 1. The molecule has 122 valence electrons. The monoisotopic (exact) mass is 425 g/mol. The molecular weight excluding hydrogens is 405 g/mol. The zero-order valence-corrected chi connectivity index (χ0v) is 15.6. The number of amides is 1. The fourth-order valence-corrected chi connectivity index (χ4v) is 2.67. The lowest BCUT2D eigenvalue weighted by molar-refractivity contribution is 0.102. The molecular formula is C18H20INO3. The Morgan fingerprint density at radius 1 is 1.22 bits per heavy atom. The summed E-state index contributed by atoms with van der Waals surface area (Å²) in [5.74, 6) is 1.80. The molecule has 0 aliphatic rings. The molecule has 0 fully saturated rings. The van der Waals surface area contributed by atoms with Gasteiger partial charge in [0.25, 0.3) is 5.91 Å². The molecule has 0 saturated carbocycles. The Kier molecular flexibility index (Phi) is 6.27. The highest BCUT2D eigenvalue weighted by molar-refractivity contribution is 14.1. The Hall–Kier alpha value is -1.76. The van der Waals surface area contributed by atoms with Gasteiger partial charge in [-0.1, -0.05) is 19.9 Å². The van der Waals surface area contributed by atoms with Crippen LogP contribution in [0.5, 0.6) is 11.5 Å². The molecule has 0 bridgehead atoms. The van der Waals surface area contributed by atoms with Gasteiger partial charge in [-0.3, -0.25) is 4.79 Å². The van der Waals surface area contributed by atoms with E-state index in [1.54, 1.807) is 25.3 Å². The van der Waals surface area contributed by atoms with E-state index in [2.05, 4.69) is 41.8 Å². The molecule has 23 heavy (non-hydrogen) atoms. The summed E-state index contributed by atoms with van der Waals surface area (Å²) in [6, 6.07) is 12.8. The van der Waals surface area contributed by atoms with Gasteiger partial charge in [-0.2, -0.15) is 0 Å². The third kappa shape index (κ3) is 5.13. The van der Waals surface area contributed by atoms with Crippen LogP contribution in [0.15, 0.2) is 42.5 Å². The molecule has 0 unspecified atom stereocenters. The fraction of sp³-hybridized carbons (Fsp3) is 0.278. The Morgan fingerprint density at radius 2 is 2.00 bits per heavy atom. The largest absolute Gasteiger partial charge is 0.496 e. The number of carbonyl (C=O) groups excluding carboxylic acids is 1. The minimum atomic E-state index is -0.161. The van der Waals surface area contributed by atoms with Crippen LogP contribution in [0, 0.1) is 9.49 Å². The summed E-state index contributed by atoms with van der Waals surface area (Å²) in [5, 5.41) is 2.89. The Bertz CT molecular complexity index is 686. The molecule has 1 N–H and O–H groups in total. The van der Waals surface area contributed by atoms with E-state index < -0.39 is 0 Å². The molecule has 0 aromatic heterocycles. The summed E-state index contributed by atoms with van der Waals surface area (Å²) < 4.78 is 11.8. The zero-order valence-electron chi connectivity index (χ0n) is 13.4. The third-order valence-electron chi connectivity index (χ3n) is 3.09. The number of carbonyl (C=O) groups is 1. The van der Waals surface area contributed by atoms with Gasteiger partial charge in [-0.05, 0) is 58.8 Å². The molecule has 1 amide bonds. The van der Waals surface area contributed by atoms with Gasteiger partial charge in [0.05, 0.1) is 17.3 Å². The molecule has 2 rings (SSSR count). The molecule has 0 radical (unpaired) electrons. The van der Waals surface area contributed by atoms with Gasteiger partial charge in [-0.25, -0.2) is 0 Å². The number of hydrogen-bond acceptors (Lipinski definition) is 3. The van der Waals surface area contributed by atoms with Crippen LogP contribution in [0.2, 0.25) is 0 Å². The number of benzene rings is 2. The zero-order chi connectivity index (χ0) is 16.8. The van der Waals surface area contributed by atoms with Crippen molar-refractivity contribution in [3.63, 3.8) is 0 Å². The number of rotatable bonds is 6. The van der Waals surface area contributed by atoms with Crippen LogP contribution in [0.1, 0.15) is 24.2 Å². The van der Waals surface area contributed by atoms with Crippen molar-refractivity contribution in [1.82, 2.24) is 0 Å². The number of ether oxygens (including phenoxy) is 2. The van der Waals surface area contributed by atoms with E-state index >= 15 is 0 Å². The van der Waals surface area contributed by atoms with Crippen LogP contribution in [-0.4, -0.2) is 19.6 Å². The number of nitrogens with one attached hydrogen (secondary N) is 1. The predicted octanol–water partition coefficient (Wildman–Crippen LogP) is 4.59.